The Labute approximate surface area is 260 Å². The minimum atomic E-state index is -0.577. The van der Waals surface area contributed by atoms with Crippen molar-refractivity contribution in [1.29, 1.82) is 0 Å². The first kappa shape index (κ1) is 29.6. The quantitative estimate of drug-likeness (QED) is 0.273. The van der Waals surface area contributed by atoms with E-state index in [1.54, 1.807) is 36.5 Å². The lowest BCUT2D eigenvalue weighted by atomic mass is 9.92. The summed E-state index contributed by atoms with van der Waals surface area (Å²) in [6.07, 6.45) is 4.69. The molecule has 2 aromatic carbocycles. The summed E-state index contributed by atoms with van der Waals surface area (Å²) in [5, 5.41) is 7.37. The van der Waals surface area contributed by atoms with Crippen molar-refractivity contribution in [2.45, 2.75) is 32.6 Å². The second-order valence-electron chi connectivity index (χ2n) is 11.4. The lowest BCUT2D eigenvalue weighted by molar-refractivity contribution is -0.135. The maximum absolute atomic E-state index is 13.4. The first-order chi connectivity index (χ1) is 21.8. The number of hydrogen-bond donors (Lipinski definition) is 2. The average molecular weight is 606 g/mol. The number of amides is 2. The number of nitrogens with zero attached hydrogens (tertiary/aromatic N) is 5. The number of anilines is 2. The third-order valence-electron chi connectivity index (χ3n) is 8.32. The summed E-state index contributed by atoms with van der Waals surface area (Å²) < 4.78 is 8.64. The van der Waals surface area contributed by atoms with Gasteiger partial charge >= 0.3 is 0 Å². The predicted octanol–water partition coefficient (Wildman–Crippen LogP) is 4.75. The van der Waals surface area contributed by atoms with Crippen molar-refractivity contribution in [1.82, 2.24) is 24.1 Å². The number of nitrogens with two attached hydrogens (primary N) is 1. The summed E-state index contributed by atoms with van der Waals surface area (Å²) in [5.74, 6) is 0.333. The highest BCUT2D eigenvalue weighted by Gasteiger charge is 2.28. The van der Waals surface area contributed by atoms with Crippen molar-refractivity contribution in [2.24, 2.45) is 5.92 Å². The topological polar surface area (TPSA) is 137 Å². The number of rotatable bonds is 7. The molecule has 3 aromatic heterocycles. The van der Waals surface area contributed by atoms with Crippen molar-refractivity contribution in [3.63, 3.8) is 0 Å². The molecule has 0 aliphatic carbocycles. The maximum atomic E-state index is 13.4. The van der Waals surface area contributed by atoms with Crippen LogP contribution in [0.1, 0.15) is 48.7 Å². The van der Waals surface area contributed by atoms with Gasteiger partial charge < -0.3 is 20.7 Å². The summed E-state index contributed by atoms with van der Waals surface area (Å²) >= 11 is 0. The predicted molar refractivity (Wildman–Crippen MR) is 173 cm³/mol. The molecule has 45 heavy (non-hydrogen) atoms. The van der Waals surface area contributed by atoms with Crippen LogP contribution in [-0.2, 0) is 4.79 Å². The van der Waals surface area contributed by atoms with Gasteiger partial charge in [0.2, 0.25) is 5.91 Å². The van der Waals surface area contributed by atoms with Gasteiger partial charge in [-0.15, -0.1) is 0 Å². The monoisotopic (exact) mass is 605 g/mol. The van der Waals surface area contributed by atoms with E-state index in [9.17, 15) is 14.4 Å². The van der Waals surface area contributed by atoms with E-state index in [1.165, 1.54) is 18.0 Å². The molecule has 11 heteroatoms. The highest BCUT2D eigenvalue weighted by atomic mass is 16.5. The fraction of sp³-hybridized carbons (Fsp3) is 0.265. The smallest absolute Gasteiger partial charge is 0.271 e. The Morgan fingerprint density at radius 1 is 1.02 bits per heavy atom. The third-order valence-corrected chi connectivity index (χ3v) is 8.32. The molecule has 1 aliphatic rings. The molecule has 4 heterocycles. The van der Waals surface area contributed by atoms with Crippen LogP contribution in [0.25, 0.3) is 22.3 Å². The van der Waals surface area contributed by atoms with E-state index < -0.39 is 11.5 Å². The first-order valence-corrected chi connectivity index (χ1v) is 14.9. The molecule has 2 amide bonds. The number of carbonyl (C=O) groups excluding carboxylic acids is 2. The number of carbonyl (C=O) groups is 2. The Balaban J connectivity index is 1.27. The molecule has 0 spiro atoms. The molecule has 0 bridgehead atoms. The van der Waals surface area contributed by atoms with E-state index in [0.717, 1.165) is 29.7 Å². The zero-order valence-electron chi connectivity index (χ0n) is 25.4. The number of likely N-dealkylation sites (tertiary alicyclic amines) is 1. The molecule has 0 unspecified atom stereocenters. The van der Waals surface area contributed by atoms with Crippen LogP contribution in [-0.4, -0.2) is 56.1 Å². The van der Waals surface area contributed by atoms with Crippen molar-refractivity contribution >= 4 is 28.8 Å². The molecular weight excluding hydrogens is 570 g/mol. The fourth-order valence-electron chi connectivity index (χ4n) is 5.98. The third kappa shape index (κ3) is 5.64. The zero-order chi connectivity index (χ0) is 31.7. The largest absolute Gasteiger partial charge is 0.496 e. The Kier molecular flexibility index (Phi) is 8.08. The number of piperidine rings is 1. The van der Waals surface area contributed by atoms with Crippen molar-refractivity contribution in [3.8, 4) is 22.6 Å². The molecule has 11 nitrogen and oxygen atoms in total. The molecule has 0 radical (unpaired) electrons. The summed E-state index contributed by atoms with van der Waals surface area (Å²) in [7, 11) is 1.42. The number of pyridine rings is 1. The van der Waals surface area contributed by atoms with Gasteiger partial charge in [-0.05, 0) is 54.8 Å². The highest BCUT2D eigenvalue weighted by molar-refractivity contribution is 6.06. The molecule has 1 fully saturated rings. The second kappa shape index (κ2) is 12.3. The van der Waals surface area contributed by atoms with E-state index in [2.05, 4.69) is 21.5 Å². The van der Waals surface area contributed by atoms with Gasteiger partial charge in [-0.3, -0.25) is 19.0 Å². The van der Waals surface area contributed by atoms with Crippen LogP contribution in [0.4, 0.5) is 11.5 Å². The summed E-state index contributed by atoms with van der Waals surface area (Å²) in [6.45, 7) is 5.25. The molecule has 230 valence electrons. The SMILES string of the molecule is COc1ccn(-c2ccccc2)c(=O)c1C(=O)Nc1ccc(-c2cc(C3CCN(C(=O)C(C)C)CC3)n3ncnc(N)c23)cc1. The number of ether oxygens (including phenoxy) is 1. The number of nitrogen functional groups attached to an aromatic ring is 1. The molecule has 6 rings (SSSR count). The van der Waals surface area contributed by atoms with Gasteiger partial charge in [0.05, 0.1) is 7.11 Å². The minimum Gasteiger partial charge on any atom is -0.496 e. The van der Waals surface area contributed by atoms with Crippen LogP contribution >= 0.6 is 0 Å². The molecule has 1 aliphatic heterocycles. The minimum absolute atomic E-state index is 0.0229. The second-order valence-corrected chi connectivity index (χ2v) is 11.4. The van der Waals surface area contributed by atoms with Gasteiger partial charge in [-0.1, -0.05) is 44.2 Å². The fourth-order valence-corrected chi connectivity index (χ4v) is 5.98. The molecule has 0 atom stereocenters. The van der Waals surface area contributed by atoms with Gasteiger partial charge in [0.15, 0.2) is 5.82 Å². The van der Waals surface area contributed by atoms with Crippen LogP contribution in [0.5, 0.6) is 5.75 Å². The number of benzene rings is 2. The Bertz CT molecular complexity index is 1920. The number of hydrogen-bond acceptors (Lipinski definition) is 7. The number of fused-ring (bicyclic) bond motifs is 1. The first-order valence-electron chi connectivity index (χ1n) is 14.9. The Morgan fingerprint density at radius 3 is 2.40 bits per heavy atom. The van der Waals surface area contributed by atoms with E-state index in [1.807, 2.05) is 53.6 Å². The normalized spacial score (nSPS) is 13.7. The van der Waals surface area contributed by atoms with Crippen LogP contribution in [0.15, 0.2) is 84.0 Å². The van der Waals surface area contributed by atoms with Crippen LogP contribution in [0, 0.1) is 5.92 Å². The maximum Gasteiger partial charge on any atom is 0.271 e. The summed E-state index contributed by atoms with van der Waals surface area (Å²) in [4.78, 5) is 45.5. The van der Waals surface area contributed by atoms with Crippen LogP contribution in [0.2, 0.25) is 0 Å². The van der Waals surface area contributed by atoms with Gasteiger partial charge in [-0.25, -0.2) is 9.50 Å². The van der Waals surface area contributed by atoms with Crippen LogP contribution < -0.4 is 21.3 Å². The lowest BCUT2D eigenvalue weighted by Crippen LogP contribution is -2.40. The van der Waals surface area contributed by atoms with Gasteiger partial charge in [-0.2, -0.15) is 5.10 Å². The standard InChI is InChI=1S/C34H35N7O4/c1-21(2)33(43)39-16-13-23(14-17-39)27-19-26(30-31(35)36-20-37-41(27)30)22-9-11-24(12-10-22)38-32(42)29-28(45-3)15-18-40(34(29)44)25-7-5-4-6-8-25/h4-12,15,18-21,23H,13-14,16-17H2,1-3H3,(H,38,42)(H2,35,36,37). The Hall–Kier alpha value is -5.45. The van der Waals surface area contributed by atoms with Crippen LogP contribution in [0.3, 0.4) is 0 Å². The van der Waals surface area contributed by atoms with Crippen molar-refractivity contribution in [2.75, 3.05) is 31.2 Å². The van der Waals surface area contributed by atoms with Crippen molar-refractivity contribution < 1.29 is 14.3 Å². The van der Waals surface area contributed by atoms with E-state index in [4.69, 9.17) is 10.5 Å². The van der Waals surface area contributed by atoms with Gasteiger partial charge in [0, 0.05) is 53.8 Å². The van der Waals surface area contributed by atoms with E-state index >= 15 is 0 Å². The van der Waals surface area contributed by atoms with Gasteiger partial charge in [0.1, 0.15) is 23.2 Å². The molecule has 0 saturated carbocycles. The van der Waals surface area contributed by atoms with E-state index in [-0.39, 0.29) is 29.1 Å². The molecule has 1 saturated heterocycles. The molecular formula is C34H35N7O4. The molecule has 3 N–H and O–H groups in total. The number of para-hydroxylation sites is 1. The molecule has 5 aromatic rings. The van der Waals surface area contributed by atoms with Crippen molar-refractivity contribution in [3.05, 3.63) is 101 Å². The summed E-state index contributed by atoms with van der Waals surface area (Å²) in [5.41, 5.74) is 10.4. The zero-order valence-corrected chi connectivity index (χ0v) is 25.4. The Morgan fingerprint density at radius 2 is 1.73 bits per heavy atom. The number of methoxy groups -OCH3 is 1. The number of nitrogens with one attached hydrogen (secondary N) is 1. The highest BCUT2D eigenvalue weighted by Crippen LogP contribution is 2.37. The number of aromatic nitrogens is 4. The lowest BCUT2D eigenvalue weighted by Gasteiger charge is -2.33. The van der Waals surface area contributed by atoms with Gasteiger partial charge in [0.25, 0.3) is 11.5 Å². The average Bonchev–Trinajstić information content (AvgIpc) is 3.46. The van der Waals surface area contributed by atoms with E-state index in [0.29, 0.717) is 35.8 Å². The summed E-state index contributed by atoms with van der Waals surface area (Å²) in [6, 6.07) is 20.1.